The molecule has 5 nitrogen and oxygen atoms in total. The van der Waals surface area contributed by atoms with Crippen LogP contribution in [0.4, 0.5) is 0 Å². The molecule has 1 aliphatic carbocycles. The van der Waals surface area contributed by atoms with Crippen molar-refractivity contribution in [2.24, 2.45) is 11.8 Å². The van der Waals surface area contributed by atoms with Crippen molar-refractivity contribution in [1.29, 1.82) is 0 Å². The molecule has 0 radical (unpaired) electrons. The van der Waals surface area contributed by atoms with Gasteiger partial charge in [0.1, 0.15) is 0 Å². The van der Waals surface area contributed by atoms with Crippen molar-refractivity contribution in [3.05, 3.63) is 35.4 Å². The van der Waals surface area contributed by atoms with Gasteiger partial charge in [0.25, 0.3) is 11.8 Å². The van der Waals surface area contributed by atoms with Gasteiger partial charge in [-0.3, -0.25) is 19.3 Å². The summed E-state index contributed by atoms with van der Waals surface area (Å²) in [4.78, 5) is 38.1. The number of nitrogens with zero attached hydrogens (tertiary/aromatic N) is 1. The number of fused-ring (bicyclic) bond motifs is 1. The molecule has 1 aliphatic heterocycles. The fourth-order valence-electron chi connectivity index (χ4n) is 4.14. The van der Waals surface area contributed by atoms with Gasteiger partial charge in [0, 0.05) is 6.54 Å². The minimum atomic E-state index is -0.257. The van der Waals surface area contributed by atoms with Gasteiger partial charge in [-0.15, -0.1) is 0 Å². The lowest BCUT2D eigenvalue weighted by molar-refractivity contribution is -0.150. The van der Waals surface area contributed by atoms with Crippen LogP contribution in [0, 0.1) is 11.8 Å². The molecule has 1 heterocycles. The van der Waals surface area contributed by atoms with E-state index in [0.717, 1.165) is 31.6 Å². The van der Waals surface area contributed by atoms with E-state index < -0.39 is 0 Å². The highest BCUT2D eigenvalue weighted by molar-refractivity contribution is 6.21. The van der Waals surface area contributed by atoms with E-state index in [1.54, 1.807) is 24.3 Å². The van der Waals surface area contributed by atoms with Crippen LogP contribution in [0.15, 0.2) is 24.3 Å². The van der Waals surface area contributed by atoms with Crippen LogP contribution in [-0.2, 0) is 9.53 Å². The molecule has 1 aromatic carbocycles. The van der Waals surface area contributed by atoms with Gasteiger partial charge >= 0.3 is 5.97 Å². The van der Waals surface area contributed by atoms with E-state index in [4.69, 9.17) is 4.74 Å². The SMILES string of the molecule is CCCCC1CCC(C(=O)OCCCN2C(=O)c3ccccc3C2=O)CC1. The highest BCUT2D eigenvalue weighted by Crippen LogP contribution is 2.32. The van der Waals surface area contributed by atoms with Crippen LogP contribution in [0.25, 0.3) is 0 Å². The highest BCUT2D eigenvalue weighted by atomic mass is 16.5. The average molecular weight is 371 g/mol. The van der Waals surface area contributed by atoms with E-state index in [9.17, 15) is 14.4 Å². The second-order valence-corrected chi connectivity index (χ2v) is 7.69. The maximum atomic E-state index is 12.3. The summed E-state index contributed by atoms with van der Waals surface area (Å²) in [6.07, 6.45) is 8.34. The van der Waals surface area contributed by atoms with Crippen molar-refractivity contribution in [2.75, 3.05) is 13.2 Å². The molecule has 0 bridgehead atoms. The lowest BCUT2D eigenvalue weighted by atomic mass is 9.80. The molecule has 3 rings (SSSR count). The predicted molar refractivity (Wildman–Crippen MR) is 102 cm³/mol. The fourth-order valence-corrected chi connectivity index (χ4v) is 4.14. The van der Waals surface area contributed by atoms with E-state index in [1.807, 2.05) is 0 Å². The van der Waals surface area contributed by atoms with Gasteiger partial charge in [-0.1, -0.05) is 38.3 Å². The number of carbonyl (C=O) groups is 3. The number of carbonyl (C=O) groups excluding carboxylic acids is 3. The molecule has 0 unspecified atom stereocenters. The zero-order valence-electron chi connectivity index (χ0n) is 16.1. The predicted octanol–water partition coefficient (Wildman–Crippen LogP) is 4.21. The Labute approximate surface area is 161 Å². The minimum absolute atomic E-state index is 0.0159. The molecule has 146 valence electrons. The molecule has 0 atom stereocenters. The van der Waals surface area contributed by atoms with E-state index in [1.165, 1.54) is 24.2 Å². The molecule has 0 saturated heterocycles. The van der Waals surface area contributed by atoms with E-state index >= 15 is 0 Å². The maximum absolute atomic E-state index is 12.3. The van der Waals surface area contributed by atoms with E-state index in [2.05, 4.69) is 6.92 Å². The molecular formula is C22H29NO4. The van der Waals surface area contributed by atoms with Crippen LogP contribution in [0.3, 0.4) is 0 Å². The first kappa shape index (κ1) is 19.6. The molecule has 1 aromatic rings. The third kappa shape index (κ3) is 4.57. The molecule has 1 saturated carbocycles. The molecule has 5 heteroatoms. The zero-order chi connectivity index (χ0) is 19.2. The van der Waals surface area contributed by atoms with E-state index in [-0.39, 0.29) is 36.9 Å². The van der Waals surface area contributed by atoms with Crippen molar-refractivity contribution in [2.45, 2.75) is 58.3 Å². The van der Waals surface area contributed by atoms with E-state index in [0.29, 0.717) is 17.5 Å². The number of hydrogen-bond acceptors (Lipinski definition) is 4. The number of esters is 1. The zero-order valence-corrected chi connectivity index (χ0v) is 16.1. The Hall–Kier alpha value is -2.17. The van der Waals surface area contributed by atoms with Gasteiger partial charge in [-0.2, -0.15) is 0 Å². The minimum Gasteiger partial charge on any atom is -0.465 e. The Kier molecular flexibility index (Phi) is 6.64. The fraction of sp³-hybridized carbons (Fsp3) is 0.591. The van der Waals surface area contributed by atoms with Crippen LogP contribution >= 0.6 is 0 Å². The highest BCUT2D eigenvalue weighted by Gasteiger charge is 2.34. The number of rotatable bonds is 8. The lowest BCUT2D eigenvalue weighted by Crippen LogP contribution is -2.31. The summed E-state index contributed by atoms with van der Waals surface area (Å²) in [5.74, 6) is 0.149. The monoisotopic (exact) mass is 371 g/mol. The maximum Gasteiger partial charge on any atom is 0.308 e. The smallest absolute Gasteiger partial charge is 0.308 e. The van der Waals surface area contributed by atoms with Crippen LogP contribution in [-0.4, -0.2) is 35.8 Å². The van der Waals surface area contributed by atoms with Crippen LogP contribution < -0.4 is 0 Å². The molecule has 2 amide bonds. The van der Waals surface area contributed by atoms with Crippen LogP contribution in [0.2, 0.25) is 0 Å². The van der Waals surface area contributed by atoms with Gasteiger partial charge in [0.05, 0.1) is 23.7 Å². The lowest BCUT2D eigenvalue weighted by Gasteiger charge is -2.27. The summed E-state index contributed by atoms with van der Waals surface area (Å²) in [6.45, 7) is 2.75. The second kappa shape index (κ2) is 9.16. The summed E-state index contributed by atoms with van der Waals surface area (Å²) in [7, 11) is 0. The summed E-state index contributed by atoms with van der Waals surface area (Å²) < 4.78 is 5.42. The molecule has 1 fully saturated rings. The second-order valence-electron chi connectivity index (χ2n) is 7.69. The first-order chi connectivity index (χ1) is 13.1. The Balaban J connectivity index is 1.37. The third-order valence-electron chi connectivity index (χ3n) is 5.79. The quantitative estimate of drug-likeness (QED) is 0.390. The number of unbranched alkanes of at least 4 members (excludes halogenated alkanes) is 1. The van der Waals surface area contributed by atoms with Gasteiger partial charge in [0.2, 0.25) is 0 Å². The number of ether oxygens (including phenoxy) is 1. The summed E-state index contributed by atoms with van der Waals surface area (Å²) in [5, 5.41) is 0. The number of amides is 2. The Morgan fingerprint density at radius 2 is 1.67 bits per heavy atom. The standard InChI is InChI=1S/C22H29NO4/c1-2-3-7-16-10-12-17(13-11-16)22(26)27-15-6-14-23-20(24)18-8-4-5-9-19(18)21(23)25/h4-5,8-9,16-17H,2-3,6-7,10-15H2,1H3. The van der Waals surface area contributed by atoms with Gasteiger partial charge < -0.3 is 4.74 Å². The van der Waals surface area contributed by atoms with Crippen LogP contribution in [0.1, 0.15) is 79.0 Å². The van der Waals surface area contributed by atoms with Gasteiger partial charge in [0.15, 0.2) is 0 Å². The largest absolute Gasteiger partial charge is 0.465 e. The number of hydrogen-bond donors (Lipinski definition) is 0. The first-order valence-electron chi connectivity index (χ1n) is 10.2. The summed E-state index contributed by atoms with van der Waals surface area (Å²) in [6, 6.07) is 6.86. The van der Waals surface area contributed by atoms with Crippen molar-refractivity contribution < 1.29 is 19.1 Å². The third-order valence-corrected chi connectivity index (χ3v) is 5.79. The summed E-state index contributed by atoms with van der Waals surface area (Å²) in [5.41, 5.74) is 0.915. The van der Waals surface area contributed by atoms with Crippen molar-refractivity contribution in [3.63, 3.8) is 0 Å². The topological polar surface area (TPSA) is 63.7 Å². The molecule has 0 spiro atoms. The Morgan fingerprint density at radius 3 is 2.26 bits per heavy atom. The van der Waals surface area contributed by atoms with Crippen molar-refractivity contribution >= 4 is 17.8 Å². The molecule has 27 heavy (non-hydrogen) atoms. The van der Waals surface area contributed by atoms with Crippen molar-refractivity contribution in [1.82, 2.24) is 4.90 Å². The molecule has 0 N–H and O–H groups in total. The molecular weight excluding hydrogens is 342 g/mol. The Bertz CT molecular complexity index is 656. The number of benzene rings is 1. The number of imide groups is 1. The summed E-state index contributed by atoms with van der Waals surface area (Å²) >= 11 is 0. The van der Waals surface area contributed by atoms with Gasteiger partial charge in [-0.25, -0.2) is 0 Å². The molecule has 2 aliphatic rings. The van der Waals surface area contributed by atoms with Crippen molar-refractivity contribution in [3.8, 4) is 0 Å². The Morgan fingerprint density at radius 1 is 1.04 bits per heavy atom. The average Bonchev–Trinajstić information content (AvgIpc) is 2.94. The van der Waals surface area contributed by atoms with Gasteiger partial charge in [-0.05, 0) is 50.2 Å². The normalized spacial score (nSPS) is 22.0. The van der Waals surface area contributed by atoms with Crippen LogP contribution in [0.5, 0.6) is 0 Å². The first-order valence-corrected chi connectivity index (χ1v) is 10.2. The molecule has 0 aromatic heterocycles.